The van der Waals surface area contributed by atoms with Crippen molar-refractivity contribution in [1.82, 2.24) is 20.1 Å². The zero-order valence-electron chi connectivity index (χ0n) is 9.03. The molecule has 0 radical (unpaired) electrons. The molecule has 0 bridgehead atoms. The van der Waals surface area contributed by atoms with Gasteiger partial charge in [0.05, 0.1) is 12.6 Å². The zero-order valence-corrected chi connectivity index (χ0v) is 9.03. The minimum atomic E-state index is 0.244. The van der Waals surface area contributed by atoms with Crippen LogP contribution in [0, 0.1) is 0 Å². The highest BCUT2D eigenvalue weighted by molar-refractivity contribution is 4.82. The third kappa shape index (κ3) is 3.43. The highest BCUT2D eigenvalue weighted by Gasteiger charge is 2.02. The summed E-state index contributed by atoms with van der Waals surface area (Å²) in [6.07, 6.45) is 1.80. The molecule has 1 atom stereocenters. The van der Waals surface area contributed by atoms with Crippen LogP contribution in [0.2, 0.25) is 0 Å². The summed E-state index contributed by atoms with van der Waals surface area (Å²) in [4.78, 5) is 4.11. The van der Waals surface area contributed by atoms with E-state index in [-0.39, 0.29) is 6.10 Å². The monoisotopic (exact) mass is 198 g/mol. The largest absolute Gasteiger partial charge is 0.377 e. The van der Waals surface area contributed by atoms with Gasteiger partial charge in [-0.3, -0.25) is 4.68 Å². The maximum absolute atomic E-state index is 5.39. The van der Waals surface area contributed by atoms with Gasteiger partial charge in [0.15, 0.2) is 0 Å². The van der Waals surface area contributed by atoms with Gasteiger partial charge in [-0.15, -0.1) is 0 Å². The van der Waals surface area contributed by atoms with Crippen molar-refractivity contribution in [2.75, 3.05) is 13.2 Å². The fourth-order valence-electron chi connectivity index (χ4n) is 1.21. The lowest BCUT2D eigenvalue weighted by Gasteiger charge is -2.11. The first-order valence-electron chi connectivity index (χ1n) is 4.89. The van der Waals surface area contributed by atoms with Gasteiger partial charge in [0.25, 0.3) is 0 Å². The van der Waals surface area contributed by atoms with Crippen molar-refractivity contribution in [3.8, 4) is 0 Å². The van der Waals surface area contributed by atoms with Crippen LogP contribution in [0.5, 0.6) is 0 Å². The van der Waals surface area contributed by atoms with Crippen molar-refractivity contribution in [2.45, 2.75) is 26.5 Å². The minimum absolute atomic E-state index is 0.244. The summed E-state index contributed by atoms with van der Waals surface area (Å²) < 4.78 is 7.15. The molecule has 0 fully saturated rings. The second kappa shape index (κ2) is 5.72. The quantitative estimate of drug-likeness (QED) is 0.715. The van der Waals surface area contributed by atoms with E-state index < -0.39 is 0 Å². The Labute approximate surface area is 84.5 Å². The Kier molecular flexibility index (Phi) is 4.55. The summed E-state index contributed by atoms with van der Waals surface area (Å²) in [6, 6.07) is 0. The Morgan fingerprint density at radius 2 is 2.43 bits per heavy atom. The molecule has 0 aliphatic carbocycles. The van der Waals surface area contributed by atoms with Crippen LogP contribution in [0.1, 0.15) is 19.7 Å². The Bertz CT molecular complexity index is 261. The average molecular weight is 198 g/mol. The van der Waals surface area contributed by atoms with Crippen molar-refractivity contribution in [3.63, 3.8) is 0 Å². The van der Waals surface area contributed by atoms with Gasteiger partial charge in [-0.25, -0.2) is 4.98 Å². The van der Waals surface area contributed by atoms with Gasteiger partial charge in [-0.2, -0.15) is 5.10 Å². The molecule has 0 aliphatic heterocycles. The smallest absolute Gasteiger partial charge is 0.140 e. The van der Waals surface area contributed by atoms with Crippen molar-refractivity contribution in [1.29, 1.82) is 0 Å². The molecule has 1 rings (SSSR count). The van der Waals surface area contributed by atoms with Crippen LogP contribution < -0.4 is 5.32 Å². The second-order valence-corrected chi connectivity index (χ2v) is 3.20. The molecule has 0 aliphatic rings. The molecule has 0 amide bonds. The molecule has 1 unspecified atom stereocenters. The summed E-state index contributed by atoms with van der Waals surface area (Å²) in [5, 5.41) is 7.25. The number of rotatable bonds is 6. The van der Waals surface area contributed by atoms with Gasteiger partial charge in [0, 0.05) is 20.2 Å². The van der Waals surface area contributed by atoms with Crippen LogP contribution in [0.3, 0.4) is 0 Å². The van der Waals surface area contributed by atoms with Gasteiger partial charge in [-0.05, 0) is 13.8 Å². The van der Waals surface area contributed by atoms with Crippen LogP contribution in [0.15, 0.2) is 6.33 Å². The molecule has 1 aromatic heterocycles. The molecule has 80 valence electrons. The second-order valence-electron chi connectivity index (χ2n) is 3.20. The Balaban J connectivity index is 2.19. The molecule has 0 saturated heterocycles. The fourth-order valence-corrected chi connectivity index (χ4v) is 1.21. The van der Waals surface area contributed by atoms with Crippen molar-refractivity contribution in [3.05, 3.63) is 12.2 Å². The van der Waals surface area contributed by atoms with Crippen LogP contribution in [-0.2, 0) is 18.3 Å². The molecule has 14 heavy (non-hydrogen) atoms. The molecular formula is C9H18N4O. The standard InChI is InChI=1S/C9H18N4O/c1-4-14-8(2)5-10-6-9-11-7-12-13(9)3/h7-8,10H,4-6H2,1-3H3. The Morgan fingerprint density at radius 1 is 1.64 bits per heavy atom. The molecular weight excluding hydrogens is 180 g/mol. The van der Waals surface area contributed by atoms with E-state index in [1.807, 2.05) is 20.9 Å². The van der Waals surface area contributed by atoms with Gasteiger partial charge >= 0.3 is 0 Å². The molecule has 1 heterocycles. The number of hydrogen-bond donors (Lipinski definition) is 1. The fraction of sp³-hybridized carbons (Fsp3) is 0.778. The molecule has 0 aromatic carbocycles. The van der Waals surface area contributed by atoms with E-state index in [1.54, 1.807) is 11.0 Å². The third-order valence-corrected chi connectivity index (χ3v) is 1.97. The van der Waals surface area contributed by atoms with E-state index in [0.717, 1.165) is 25.5 Å². The van der Waals surface area contributed by atoms with E-state index in [2.05, 4.69) is 15.4 Å². The highest BCUT2D eigenvalue weighted by atomic mass is 16.5. The van der Waals surface area contributed by atoms with Gasteiger partial charge < -0.3 is 10.1 Å². The van der Waals surface area contributed by atoms with Crippen LogP contribution in [-0.4, -0.2) is 34.0 Å². The van der Waals surface area contributed by atoms with Gasteiger partial charge in [-0.1, -0.05) is 0 Å². The summed E-state index contributed by atoms with van der Waals surface area (Å²) in [5.41, 5.74) is 0. The number of ether oxygens (including phenoxy) is 1. The lowest BCUT2D eigenvalue weighted by Crippen LogP contribution is -2.27. The zero-order chi connectivity index (χ0) is 10.4. The summed E-state index contributed by atoms with van der Waals surface area (Å²) in [6.45, 7) is 6.37. The molecule has 5 heteroatoms. The predicted octanol–water partition coefficient (Wildman–Crippen LogP) is 0.330. The van der Waals surface area contributed by atoms with E-state index >= 15 is 0 Å². The summed E-state index contributed by atoms with van der Waals surface area (Å²) >= 11 is 0. The average Bonchev–Trinajstić information content (AvgIpc) is 2.52. The number of hydrogen-bond acceptors (Lipinski definition) is 4. The number of nitrogens with one attached hydrogen (secondary N) is 1. The van der Waals surface area contributed by atoms with Crippen molar-refractivity contribution >= 4 is 0 Å². The first kappa shape index (κ1) is 11.1. The van der Waals surface area contributed by atoms with Crippen LogP contribution >= 0.6 is 0 Å². The SMILES string of the molecule is CCOC(C)CNCc1ncnn1C. The minimum Gasteiger partial charge on any atom is -0.377 e. The number of aryl methyl sites for hydroxylation is 1. The van der Waals surface area contributed by atoms with Crippen molar-refractivity contribution in [2.24, 2.45) is 7.05 Å². The molecule has 0 spiro atoms. The lowest BCUT2D eigenvalue weighted by molar-refractivity contribution is 0.0757. The molecule has 1 aromatic rings. The van der Waals surface area contributed by atoms with E-state index in [9.17, 15) is 0 Å². The van der Waals surface area contributed by atoms with Crippen LogP contribution in [0.25, 0.3) is 0 Å². The number of nitrogens with zero attached hydrogens (tertiary/aromatic N) is 3. The van der Waals surface area contributed by atoms with Gasteiger partial charge in [0.2, 0.25) is 0 Å². The van der Waals surface area contributed by atoms with Crippen LogP contribution in [0.4, 0.5) is 0 Å². The Hall–Kier alpha value is -0.940. The van der Waals surface area contributed by atoms with Crippen molar-refractivity contribution < 1.29 is 4.74 Å². The molecule has 0 saturated carbocycles. The molecule has 1 N–H and O–H groups in total. The predicted molar refractivity (Wildman–Crippen MR) is 53.8 cm³/mol. The third-order valence-electron chi connectivity index (χ3n) is 1.97. The summed E-state index contributed by atoms with van der Waals surface area (Å²) in [5.74, 6) is 0.939. The maximum atomic E-state index is 5.39. The van der Waals surface area contributed by atoms with Gasteiger partial charge in [0.1, 0.15) is 12.2 Å². The Morgan fingerprint density at radius 3 is 3.00 bits per heavy atom. The maximum Gasteiger partial charge on any atom is 0.140 e. The first-order valence-corrected chi connectivity index (χ1v) is 4.89. The number of aromatic nitrogens is 3. The van der Waals surface area contributed by atoms with E-state index in [1.165, 1.54) is 0 Å². The normalized spacial score (nSPS) is 13.1. The summed E-state index contributed by atoms with van der Waals surface area (Å²) in [7, 11) is 1.88. The van der Waals surface area contributed by atoms with E-state index in [4.69, 9.17) is 4.74 Å². The topological polar surface area (TPSA) is 52.0 Å². The molecule has 5 nitrogen and oxygen atoms in total. The highest BCUT2D eigenvalue weighted by Crippen LogP contribution is 1.91. The van der Waals surface area contributed by atoms with E-state index in [0.29, 0.717) is 0 Å². The first-order chi connectivity index (χ1) is 6.74. The lowest BCUT2D eigenvalue weighted by atomic mass is 10.4.